The average Bonchev–Trinajstić information content (AvgIpc) is 3.19. The molecule has 1 amide bonds. The molecule has 0 aromatic heterocycles. The Morgan fingerprint density at radius 3 is 2.77 bits per heavy atom. The number of hydrogen-bond donors (Lipinski definition) is 2. The number of carbonyl (C=O) groups excluding carboxylic acids is 1. The number of nitrogens with zero attached hydrogens (tertiary/aromatic N) is 1. The predicted molar refractivity (Wildman–Crippen MR) is 115 cm³/mol. The summed E-state index contributed by atoms with van der Waals surface area (Å²) < 4.78 is 5.30. The van der Waals surface area contributed by atoms with Gasteiger partial charge in [0.2, 0.25) is 0 Å². The number of ether oxygens (including phenoxy) is 1. The molecule has 2 aromatic carbocycles. The Balaban J connectivity index is 1.33. The number of rotatable bonds is 5. The van der Waals surface area contributed by atoms with Gasteiger partial charge in [0.25, 0.3) is 0 Å². The zero-order valence-electron chi connectivity index (χ0n) is 17.3. The Hall–Kier alpha value is -3.03. The molecular weight excluding hydrogens is 382 g/mol. The number of benzene rings is 2. The normalized spacial score (nSPS) is 17.9. The molecule has 2 N–H and O–H groups in total. The Bertz CT molecular complexity index is 936. The van der Waals surface area contributed by atoms with Crippen molar-refractivity contribution in [1.29, 1.82) is 0 Å². The van der Waals surface area contributed by atoms with Crippen LogP contribution in [0.25, 0.3) is 5.70 Å². The van der Waals surface area contributed by atoms with E-state index in [9.17, 15) is 4.79 Å². The molecule has 158 valence electrons. The molecule has 1 spiro atoms. The van der Waals surface area contributed by atoms with E-state index in [2.05, 4.69) is 23.8 Å². The highest BCUT2D eigenvalue weighted by Gasteiger charge is 2.39. The Labute approximate surface area is 176 Å². The molecule has 2 aliphatic heterocycles. The van der Waals surface area contributed by atoms with Gasteiger partial charge in [-0.1, -0.05) is 37.3 Å². The van der Waals surface area contributed by atoms with Crippen LogP contribution in [-0.2, 0) is 16.1 Å². The van der Waals surface area contributed by atoms with Crippen molar-refractivity contribution >= 4 is 17.5 Å². The lowest BCUT2D eigenvalue weighted by Crippen LogP contribution is -2.45. The average molecular weight is 409 g/mol. The maximum Gasteiger partial charge on any atom is 0.430 e. The van der Waals surface area contributed by atoms with E-state index in [4.69, 9.17) is 14.4 Å². The van der Waals surface area contributed by atoms with E-state index in [1.165, 1.54) is 0 Å². The van der Waals surface area contributed by atoms with Crippen LogP contribution in [0, 0.1) is 0 Å². The summed E-state index contributed by atoms with van der Waals surface area (Å²) in [6.45, 7) is 3.23. The summed E-state index contributed by atoms with van der Waals surface area (Å²) in [5.74, 6) is 0.801. The molecule has 1 saturated heterocycles. The van der Waals surface area contributed by atoms with Crippen LogP contribution in [0.5, 0.6) is 5.75 Å². The molecule has 0 saturated carbocycles. The van der Waals surface area contributed by atoms with Gasteiger partial charge in [0.1, 0.15) is 11.4 Å². The van der Waals surface area contributed by atoms with Gasteiger partial charge in [0.15, 0.2) is 0 Å². The van der Waals surface area contributed by atoms with E-state index in [0.717, 1.165) is 34.7 Å². The fourth-order valence-electron chi connectivity index (χ4n) is 3.81. The van der Waals surface area contributed by atoms with Gasteiger partial charge < -0.3 is 9.57 Å². The molecule has 0 unspecified atom stereocenters. The van der Waals surface area contributed by atoms with Crippen LogP contribution in [0.3, 0.4) is 0 Å². The number of anilines is 1. The first-order valence-electron chi connectivity index (χ1n) is 10.2. The van der Waals surface area contributed by atoms with Gasteiger partial charge in [-0.15, -0.1) is 5.06 Å². The van der Waals surface area contributed by atoms with E-state index in [-0.39, 0.29) is 0 Å². The molecule has 2 heterocycles. The van der Waals surface area contributed by atoms with Crippen molar-refractivity contribution in [3.05, 3.63) is 65.7 Å². The third-order valence-corrected chi connectivity index (χ3v) is 5.57. The molecule has 0 radical (unpaired) electrons. The monoisotopic (exact) mass is 409 g/mol. The topological polar surface area (TPSA) is 72.1 Å². The van der Waals surface area contributed by atoms with Gasteiger partial charge in [0.05, 0.1) is 12.8 Å². The Morgan fingerprint density at radius 1 is 1.20 bits per heavy atom. The lowest BCUT2D eigenvalue weighted by molar-refractivity contribution is -0.153. The molecule has 2 aromatic rings. The molecule has 7 heteroatoms. The van der Waals surface area contributed by atoms with Crippen molar-refractivity contribution in [2.45, 2.75) is 31.8 Å². The summed E-state index contributed by atoms with van der Waals surface area (Å²) in [7, 11) is 1.65. The minimum atomic E-state index is -0.468. The number of hydrogen-bond acceptors (Lipinski definition) is 6. The smallest absolute Gasteiger partial charge is 0.430 e. The van der Waals surface area contributed by atoms with Crippen LogP contribution in [0.15, 0.2) is 54.6 Å². The number of para-hydroxylation sites is 1. The Morgan fingerprint density at radius 2 is 2.00 bits per heavy atom. The van der Waals surface area contributed by atoms with E-state index in [1.54, 1.807) is 12.2 Å². The number of nitrogens with one attached hydrogen (secondary N) is 2. The maximum atomic E-state index is 12.3. The quantitative estimate of drug-likeness (QED) is 0.774. The van der Waals surface area contributed by atoms with Crippen molar-refractivity contribution in [1.82, 2.24) is 10.5 Å². The van der Waals surface area contributed by atoms with Gasteiger partial charge >= 0.3 is 6.09 Å². The first-order valence-corrected chi connectivity index (χ1v) is 10.2. The minimum absolute atomic E-state index is 0.399. The van der Waals surface area contributed by atoms with Crippen molar-refractivity contribution in [2.75, 3.05) is 25.5 Å². The summed E-state index contributed by atoms with van der Waals surface area (Å²) in [4.78, 5) is 23.8. The van der Waals surface area contributed by atoms with Crippen molar-refractivity contribution in [2.24, 2.45) is 0 Å². The summed E-state index contributed by atoms with van der Waals surface area (Å²) in [5.41, 5.74) is 6.46. The van der Waals surface area contributed by atoms with E-state index in [0.29, 0.717) is 25.9 Å². The Kier molecular flexibility index (Phi) is 5.92. The zero-order chi connectivity index (χ0) is 21.0. The van der Waals surface area contributed by atoms with Gasteiger partial charge in [-0.2, -0.15) is 0 Å². The van der Waals surface area contributed by atoms with E-state index >= 15 is 0 Å². The molecule has 7 nitrogen and oxygen atoms in total. The van der Waals surface area contributed by atoms with E-state index < -0.39 is 11.7 Å². The lowest BCUT2D eigenvalue weighted by atomic mass is 9.91. The summed E-state index contributed by atoms with van der Waals surface area (Å²) >= 11 is 0. The van der Waals surface area contributed by atoms with Crippen LogP contribution in [0.4, 0.5) is 10.5 Å². The number of piperidine rings is 1. The van der Waals surface area contributed by atoms with Gasteiger partial charge in [-0.25, -0.2) is 4.79 Å². The largest absolute Gasteiger partial charge is 0.497 e. The first kappa shape index (κ1) is 20.3. The molecule has 30 heavy (non-hydrogen) atoms. The second-order valence-electron chi connectivity index (χ2n) is 7.50. The molecule has 0 bridgehead atoms. The van der Waals surface area contributed by atoms with Crippen LogP contribution in [0.2, 0.25) is 0 Å². The highest BCUT2D eigenvalue weighted by molar-refractivity contribution is 5.85. The van der Waals surface area contributed by atoms with Gasteiger partial charge in [0, 0.05) is 24.3 Å². The van der Waals surface area contributed by atoms with Crippen molar-refractivity contribution in [3.63, 3.8) is 0 Å². The maximum absolute atomic E-state index is 12.3. The summed E-state index contributed by atoms with van der Waals surface area (Å²) in [6, 6.07) is 15.6. The van der Waals surface area contributed by atoms with Gasteiger partial charge in [-0.05, 0) is 49.1 Å². The fraction of sp³-hybridized carbons (Fsp3) is 0.348. The van der Waals surface area contributed by atoms with Crippen LogP contribution in [-0.4, -0.2) is 37.0 Å². The van der Waals surface area contributed by atoms with Crippen molar-refractivity contribution < 1.29 is 19.2 Å². The molecular formula is C23H27N3O4. The second kappa shape index (κ2) is 8.77. The lowest BCUT2D eigenvalue weighted by Gasteiger charge is -2.35. The predicted octanol–water partition coefficient (Wildman–Crippen LogP) is 4.13. The number of aryl methyl sites for hydroxylation is 1. The van der Waals surface area contributed by atoms with Crippen LogP contribution < -0.4 is 15.5 Å². The molecule has 0 atom stereocenters. The fourth-order valence-corrected chi connectivity index (χ4v) is 3.81. The standard InChI is InChI=1S/C23H27N3O4/c1-3-17-7-4-5-10-20(17)24-22(27)29-26-13-11-23(12-14-26)16-21(25-30-23)18-8-6-9-19(15-18)28-2/h4-10,15-16,25H,3,11-14H2,1-2H3,(H,24,27). The SMILES string of the molecule is CCc1ccccc1NC(=O)ON1CCC2(C=C(c3cccc(OC)c3)NO2)CC1. The van der Waals surface area contributed by atoms with Gasteiger partial charge in [-0.3, -0.25) is 15.6 Å². The third kappa shape index (κ3) is 4.42. The molecule has 1 fully saturated rings. The van der Waals surface area contributed by atoms with Crippen LogP contribution >= 0.6 is 0 Å². The number of methoxy groups -OCH3 is 1. The first-order chi connectivity index (χ1) is 14.6. The summed E-state index contributed by atoms with van der Waals surface area (Å²) in [5, 5.41) is 4.53. The number of amides is 1. The third-order valence-electron chi connectivity index (χ3n) is 5.57. The highest BCUT2D eigenvalue weighted by atomic mass is 16.7. The summed E-state index contributed by atoms with van der Waals surface area (Å²) in [6.07, 6.45) is 3.93. The van der Waals surface area contributed by atoms with E-state index in [1.807, 2.05) is 48.5 Å². The van der Waals surface area contributed by atoms with Crippen molar-refractivity contribution in [3.8, 4) is 5.75 Å². The number of hydroxylamine groups is 3. The number of carbonyl (C=O) groups is 1. The van der Waals surface area contributed by atoms with Crippen LogP contribution in [0.1, 0.15) is 30.9 Å². The minimum Gasteiger partial charge on any atom is -0.497 e. The molecule has 2 aliphatic rings. The molecule has 0 aliphatic carbocycles. The second-order valence-corrected chi connectivity index (χ2v) is 7.50. The molecule has 4 rings (SSSR count). The highest BCUT2D eigenvalue weighted by Crippen LogP contribution is 2.35. The zero-order valence-corrected chi connectivity index (χ0v) is 17.3.